The summed E-state index contributed by atoms with van der Waals surface area (Å²) in [7, 11) is -1.37. The molecule has 1 atom stereocenters. The molecule has 0 bridgehead atoms. The third kappa shape index (κ3) is 11.3. The van der Waals surface area contributed by atoms with Crippen molar-refractivity contribution in [3.8, 4) is 11.5 Å². The molecule has 2 aromatic carbocycles. The number of carbonyl (C=O) groups is 1. The van der Waals surface area contributed by atoms with Gasteiger partial charge < -0.3 is 14.0 Å². The topological polar surface area (TPSA) is 109 Å². The Bertz CT molecular complexity index is 743. The Labute approximate surface area is 177 Å². The van der Waals surface area contributed by atoms with Crippen LogP contribution >= 0.6 is 8.53 Å². The van der Waals surface area contributed by atoms with E-state index in [0.717, 1.165) is 0 Å². The number of nitrogens with one attached hydrogen (secondary N) is 1. The zero-order chi connectivity index (χ0) is 22.4. The minimum absolute atomic E-state index is 0.0133. The largest absolute Gasteiger partial charge is 0.467 e. The molecule has 0 aliphatic rings. The summed E-state index contributed by atoms with van der Waals surface area (Å²) in [4.78, 5) is 19.5. The van der Waals surface area contributed by atoms with Crippen molar-refractivity contribution >= 4 is 20.7 Å². The van der Waals surface area contributed by atoms with E-state index in [0.29, 0.717) is 18.0 Å². The van der Waals surface area contributed by atoms with E-state index >= 15 is 0 Å². The normalized spacial score (nSPS) is 11.3. The van der Waals surface area contributed by atoms with E-state index in [9.17, 15) is 14.9 Å². The molecule has 0 fully saturated rings. The van der Waals surface area contributed by atoms with E-state index in [2.05, 4.69) is 9.82 Å². The Morgan fingerprint density at radius 3 is 2.13 bits per heavy atom. The van der Waals surface area contributed by atoms with Crippen LogP contribution in [0.5, 0.6) is 11.5 Å². The average Bonchev–Trinajstić information content (AvgIpc) is 2.69. The maximum Gasteiger partial charge on any atom is 0.321 e. The van der Waals surface area contributed by atoms with Crippen molar-refractivity contribution in [3.63, 3.8) is 0 Å². The number of nitrogens with zero attached hydrogens (tertiary/aromatic N) is 1. The summed E-state index contributed by atoms with van der Waals surface area (Å²) in [5.74, 6) is 1.19. The number of hydrogen-bond donors (Lipinski definition) is 1. The van der Waals surface area contributed by atoms with Gasteiger partial charge in [0.25, 0.3) is 12.2 Å². The number of nitro benzene ring substituents is 1. The van der Waals surface area contributed by atoms with Gasteiger partial charge in [0.05, 0.1) is 11.0 Å². The highest BCUT2D eigenvalue weighted by atomic mass is 31.2. The maximum absolute atomic E-state index is 10.6. The summed E-state index contributed by atoms with van der Waals surface area (Å²) < 4.78 is 21.2. The summed E-state index contributed by atoms with van der Waals surface area (Å²) in [5.41, 5.74) is 0.0133. The van der Waals surface area contributed by atoms with Crippen LogP contribution in [0, 0.1) is 10.1 Å². The molecule has 30 heavy (non-hydrogen) atoms. The van der Waals surface area contributed by atoms with Gasteiger partial charge >= 0.3 is 8.53 Å². The Morgan fingerprint density at radius 1 is 1.03 bits per heavy atom. The van der Waals surface area contributed by atoms with E-state index in [1.165, 1.54) is 24.3 Å². The monoisotopic (exact) mass is 438 g/mol. The fourth-order valence-corrected chi connectivity index (χ4v) is 2.86. The quantitative estimate of drug-likeness (QED) is 0.175. The molecule has 0 aliphatic heterocycles. The summed E-state index contributed by atoms with van der Waals surface area (Å²) in [6.07, 6.45) is 0.0301. The summed E-state index contributed by atoms with van der Waals surface area (Å²) in [6, 6.07) is 15.3. The lowest BCUT2D eigenvalue weighted by Crippen LogP contribution is -2.21. The van der Waals surface area contributed by atoms with E-state index < -0.39 is 13.4 Å². The lowest BCUT2D eigenvalue weighted by molar-refractivity contribution is -0.384. The molecule has 1 N–H and O–H groups in total. The molecule has 0 saturated heterocycles. The number of ether oxygens (including phenoxy) is 2. The van der Waals surface area contributed by atoms with Crippen molar-refractivity contribution in [2.24, 2.45) is 0 Å². The molecule has 2 rings (SSSR count). The fourth-order valence-electron chi connectivity index (χ4n) is 1.80. The molecule has 0 amide bonds. The van der Waals surface area contributed by atoms with Crippen LogP contribution in [0.2, 0.25) is 0 Å². The smallest absolute Gasteiger partial charge is 0.321 e. The van der Waals surface area contributed by atoms with Gasteiger partial charge in [-0.1, -0.05) is 18.2 Å². The van der Waals surface area contributed by atoms with Crippen LogP contribution in [-0.2, 0) is 14.1 Å². The molecule has 2 aromatic rings. The molecule has 0 spiro atoms. The molecule has 0 heterocycles. The number of carbonyl (C=O) groups excluding carboxylic acids is 1. The number of benzene rings is 2. The van der Waals surface area contributed by atoms with Crippen molar-refractivity contribution in [1.82, 2.24) is 5.09 Å². The standard InChI is InChI=1S/C16H19N2O5P.C4H8O2/c1-13(2)17-24(23-16-6-4-3-5-7-16)22-12-21-15-10-8-14(9-11-15)18(19)20;1-4(2)6-3-5/h3-11,13,17H,12H2,1-2H3;3-4H,1-2H3. The summed E-state index contributed by atoms with van der Waals surface area (Å²) in [6.45, 7) is 8.00. The van der Waals surface area contributed by atoms with Crippen LogP contribution < -0.4 is 14.3 Å². The molecular formula is C20H27N2O7P. The minimum Gasteiger partial charge on any atom is -0.467 e. The van der Waals surface area contributed by atoms with Crippen LogP contribution in [0.3, 0.4) is 0 Å². The minimum atomic E-state index is -1.37. The number of para-hydroxylation sites is 1. The molecular weight excluding hydrogens is 411 g/mol. The first kappa shape index (κ1) is 25.3. The van der Waals surface area contributed by atoms with Gasteiger partial charge in [0.15, 0.2) is 6.79 Å². The number of non-ortho nitro benzene ring substituents is 1. The van der Waals surface area contributed by atoms with Crippen LogP contribution in [0.15, 0.2) is 54.6 Å². The molecule has 164 valence electrons. The molecule has 0 aromatic heterocycles. The van der Waals surface area contributed by atoms with E-state index in [1.54, 1.807) is 13.8 Å². The lowest BCUT2D eigenvalue weighted by Gasteiger charge is -2.20. The Hall–Kier alpha value is -2.74. The zero-order valence-corrected chi connectivity index (χ0v) is 18.3. The first-order valence-electron chi connectivity index (χ1n) is 9.20. The van der Waals surface area contributed by atoms with Crippen LogP contribution in [0.1, 0.15) is 27.7 Å². The number of nitro groups is 1. The van der Waals surface area contributed by atoms with Crippen molar-refractivity contribution in [2.75, 3.05) is 6.79 Å². The van der Waals surface area contributed by atoms with Gasteiger partial charge in [-0.3, -0.25) is 19.4 Å². The average molecular weight is 438 g/mol. The molecule has 1 unspecified atom stereocenters. The summed E-state index contributed by atoms with van der Waals surface area (Å²) >= 11 is 0. The highest BCUT2D eigenvalue weighted by Gasteiger charge is 2.15. The van der Waals surface area contributed by atoms with Crippen molar-refractivity contribution in [2.45, 2.75) is 39.8 Å². The van der Waals surface area contributed by atoms with E-state index in [4.69, 9.17) is 13.8 Å². The van der Waals surface area contributed by atoms with Gasteiger partial charge in [-0.2, -0.15) is 0 Å². The first-order chi connectivity index (χ1) is 14.3. The predicted octanol–water partition coefficient (Wildman–Crippen LogP) is 4.82. The van der Waals surface area contributed by atoms with E-state index in [1.807, 2.05) is 44.2 Å². The fraction of sp³-hybridized carbons (Fsp3) is 0.350. The third-order valence-electron chi connectivity index (χ3n) is 3.07. The summed E-state index contributed by atoms with van der Waals surface area (Å²) in [5, 5.41) is 13.8. The Kier molecular flexibility index (Phi) is 12.0. The highest BCUT2D eigenvalue weighted by molar-refractivity contribution is 7.45. The van der Waals surface area contributed by atoms with Gasteiger partial charge in [-0.05, 0) is 52.0 Å². The van der Waals surface area contributed by atoms with Gasteiger partial charge in [0.2, 0.25) is 0 Å². The maximum atomic E-state index is 10.6. The van der Waals surface area contributed by atoms with Gasteiger partial charge in [-0.15, -0.1) is 0 Å². The van der Waals surface area contributed by atoms with Crippen LogP contribution in [0.25, 0.3) is 0 Å². The second-order valence-electron chi connectivity index (χ2n) is 6.37. The highest BCUT2D eigenvalue weighted by Crippen LogP contribution is 2.35. The van der Waals surface area contributed by atoms with Crippen molar-refractivity contribution in [1.29, 1.82) is 0 Å². The van der Waals surface area contributed by atoms with Gasteiger partial charge in [0.1, 0.15) is 11.5 Å². The third-order valence-corrected chi connectivity index (χ3v) is 4.51. The second-order valence-corrected chi connectivity index (χ2v) is 7.58. The molecule has 9 nitrogen and oxygen atoms in total. The van der Waals surface area contributed by atoms with Crippen molar-refractivity contribution < 1.29 is 28.2 Å². The number of rotatable bonds is 11. The molecule has 10 heteroatoms. The number of hydrogen-bond acceptors (Lipinski definition) is 8. The second kappa shape index (κ2) is 14.3. The van der Waals surface area contributed by atoms with E-state index in [-0.39, 0.29) is 24.6 Å². The Balaban J connectivity index is 0.000000656. The zero-order valence-electron chi connectivity index (χ0n) is 17.4. The molecule has 0 saturated carbocycles. The van der Waals surface area contributed by atoms with Gasteiger partial charge in [0, 0.05) is 18.2 Å². The SMILES string of the molecule is CC(C)NP(OCOc1ccc([N+](=O)[O-])cc1)Oc1ccccc1.CC(C)OC=O. The molecule has 0 aliphatic carbocycles. The molecule has 0 radical (unpaired) electrons. The lowest BCUT2D eigenvalue weighted by atomic mass is 10.3. The van der Waals surface area contributed by atoms with Crippen LogP contribution in [0.4, 0.5) is 5.69 Å². The first-order valence-corrected chi connectivity index (χ1v) is 10.4. The predicted molar refractivity (Wildman–Crippen MR) is 114 cm³/mol. The van der Waals surface area contributed by atoms with Gasteiger partial charge in [-0.25, -0.2) is 5.09 Å². The Morgan fingerprint density at radius 2 is 1.67 bits per heavy atom. The van der Waals surface area contributed by atoms with Crippen molar-refractivity contribution in [3.05, 3.63) is 64.7 Å². The van der Waals surface area contributed by atoms with Crippen LogP contribution in [-0.4, -0.2) is 30.3 Å².